The summed E-state index contributed by atoms with van der Waals surface area (Å²) in [6, 6.07) is 15.7. The van der Waals surface area contributed by atoms with Gasteiger partial charge >= 0.3 is 0 Å². The molecule has 0 aliphatic heterocycles. The summed E-state index contributed by atoms with van der Waals surface area (Å²) < 4.78 is 8.85. The Bertz CT molecular complexity index is 1200. The zero-order valence-electron chi connectivity index (χ0n) is 17.1. The van der Waals surface area contributed by atoms with Gasteiger partial charge in [-0.15, -0.1) is 0 Å². The Kier molecular flexibility index (Phi) is 5.97. The minimum Gasteiger partial charge on any atom is -0.459 e. The lowest BCUT2D eigenvalue weighted by atomic mass is 9.89. The topological polar surface area (TPSA) is 47.2 Å². The standard InChI is InChI=1S/C25H24ClIN2O2/c26-19-11-18-9-10-29(15-21-12-17-3-1-2-4-23(17)31-21)24(18)22(13-19)25(30)28-14-16-5-7-20(27)8-6-16/h1-4,9-13,16,20H,5-8,14-15H2,(H,28,30). The van der Waals surface area contributed by atoms with E-state index in [4.69, 9.17) is 16.0 Å². The molecule has 31 heavy (non-hydrogen) atoms. The summed E-state index contributed by atoms with van der Waals surface area (Å²) in [6.07, 6.45) is 6.83. The van der Waals surface area contributed by atoms with E-state index >= 15 is 0 Å². The van der Waals surface area contributed by atoms with Crippen molar-refractivity contribution >= 4 is 62.0 Å². The van der Waals surface area contributed by atoms with E-state index in [1.165, 1.54) is 25.7 Å². The maximum absolute atomic E-state index is 13.2. The minimum atomic E-state index is -0.0614. The number of fused-ring (bicyclic) bond motifs is 2. The summed E-state index contributed by atoms with van der Waals surface area (Å²) in [6.45, 7) is 1.28. The van der Waals surface area contributed by atoms with Crippen LogP contribution in [0, 0.1) is 5.92 Å². The first-order chi connectivity index (χ1) is 15.1. The first-order valence-corrected chi connectivity index (χ1v) is 12.4. The molecule has 0 radical (unpaired) electrons. The highest BCUT2D eigenvalue weighted by atomic mass is 127. The van der Waals surface area contributed by atoms with E-state index in [0.29, 0.717) is 23.0 Å². The first-order valence-electron chi connectivity index (χ1n) is 10.7. The number of para-hydroxylation sites is 1. The number of halogens is 2. The molecule has 4 aromatic rings. The predicted octanol–water partition coefficient (Wildman–Crippen LogP) is 6.81. The third-order valence-electron chi connectivity index (χ3n) is 6.20. The van der Waals surface area contributed by atoms with Crippen LogP contribution in [0.5, 0.6) is 0 Å². The molecule has 2 heterocycles. The number of benzene rings is 2. The van der Waals surface area contributed by atoms with E-state index in [9.17, 15) is 4.79 Å². The van der Waals surface area contributed by atoms with Crippen molar-refractivity contribution in [1.82, 2.24) is 9.88 Å². The Morgan fingerprint density at radius 1 is 1.10 bits per heavy atom. The van der Waals surface area contributed by atoms with Crippen LogP contribution in [-0.2, 0) is 6.54 Å². The zero-order valence-corrected chi connectivity index (χ0v) is 20.0. The van der Waals surface area contributed by atoms with Gasteiger partial charge in [0.2, 0.25) is 0 Å². The number of hydrogen-bond acceptors (Lipinski definition) is 2. The van der Waals surface area contributed by atoms with E-state index < -0.39 is 0 Å². The van der Waals surface area contributed by atoms with Crippen LogP contribution in [-0.4, -0.2) is 20.9 Å². The number of carbonyl (C=O) groups excluding carboxylic acids is 1. The Labute approximate surface area is 200 Å². The maximum Gasteiger partial charge on any atom is 0.253 e. The van der Waals surface area contributed by atoms with Crippen molar-refractivity contribution in [3.63, 3.8) is 0 Å². The number of carbonyl (C=O) groups is 1. The van der Waals surface area contributed by atoms with Gasteiger partial charge in [-0.25, -0.2) is 0 Å². The number of aromatic nitrogens is 1. The van der Waals surface area contributed by atoms with Crippen molar-refractivity contribution in [1.29, 1.82) is 0 Å². The van der Waals surface area contributed by atoms with E-state index in [1.54, 1.807) is 6.07 Å². The molecule has 1 aliphatic rings. The van der Waals surface area contributed by atoms with Crippen molar-refractivity contribution in [3.05, 3.63) is 71.1 Å². The lowest BCUT2D eigenvalue weighted by Gasteiger charge is -2.25. The monoisotopic (exact) mass is 546 g/mol. The molecule has 1 fully saturated rings. The predicted molar refractivity (Wildman–Crippen MR) is 134 cm³/mol. The van der Waals surface area contributed by atoms with Crippen LogP contribution in [0.2, 0.25) is 5.02 Å². The SMILES string of the molecule is O=C(NCC1CCC(I)CC1)c1cc(Cl)cc2ccn(Cc3cc4ccccc4o3)c12. The van der Waals surface area contributed by atoms with Gasteiger partial charge in [0, 0.05) is 32.5 Å². The molecule has 1 N–H and O–H groups in total. The highest BCUT2D eigenvalue weighted by Crippen LogP contribution is 2.30. The van der Waals surface area contributed by atoms with Crippen LogP contribution in [0.1, 0.15) is 41.8 Å². The van der Waals surface area contributed by atoms with Gasteiger partial charge in [-0.05, 0) is 61.9 Å². The molecule has 6 heteroatoms. The molecule has 0 atom stereocenters. The van der Waals surface area contributed by atoms with Gasteiger partial charge in [0.25, 0.3) is 5.91 Å². The van der Waals surface area contributed by atoms with E-state index in [-0.39, 0.29) is 5.91 Å². The second-order valence-electron chi connectivity index (χ2n) is 8.41. The normalized spacial score (nSPS) is 19.2. The number of hydrogen-bond donors (Lipinski definition) is 1. The molecule has 1 amide bonds. The van der Waals surface area contributed by atoms with Gasteiger partial charge in [0.05, 0.1) is 17.6 Å². The largest absolute Gasteiger partial charge is 0.459 e. The average molecular weight is 547 g/mol. The molecule has 0 saturated heterocycles. The molecule has 1 saturated carbocycles. The third kappa shape index (κ3) is 4.48. The van der Waals surface area contributed by atoms with E-state index in [1.807, 2.05) is 42.6 Å². The summed E-state index contributed by atoms with van der Waals surface area (Å²) in [7, 11) is 0. The number of rotatable bonds is 5. The summed E-state index contributed by atoms with van der Waals surface area (Å²) in [5, 5.41) is 5.78. The number of nitrogens with one attached hydrogen (secondary N) is 1. The van der Waals surface area contributed by atoms with Crippen molar-refractivity contribution in [3.8, 4) is 0 Å². The maximum atomic E-state index is 13.2. The fourth-order valence-electron chi connectivity index (χ4n) is 4.56. The summed E-state index contributed by atoms with van der Waals surface area (Å²) in [5.74, 6) is 1.36. The Hall–Kier alpha value is -1.99. The Balaban J connectivity index is 1.41. The Morgan fingerprint density at radius 2 is 1.90 bits per heavy atom. The smallest absolute Gasteiger partial charge is 0.253 e. The van der Waals surface area contributed by atoms with Crippen molar-refractivity contribution in [2.75, 3.05) is 6.54 Å². The summed E-state index contributed by atoms with van der Waals surface area (Å²) >= 11 is 8.88. The minimum absolute atomic E-state index is 0.0614. The lowest BCUT2D eigenvalue weighted by Crippen LogP contribution is -2.31. The van der Waals surface area contributed by atoms with Crippen molar-refractivity contribution < 1.29 is 9.21 Å². The fraction of sp³-hybridized carbons (Fsp3) is 0.320. The van der Waals surface area contributed by atoms with Crippen LogP contribution >= 0.6 is 34.2 Å². The number of nitrogens with zero attached hydrogens (tertiary/aromatic N) is 1. The fourth-order valence-corrected chi connectivity index (χ4v) is 5.50. The number of furan rings is 1. The van der Waals surface area contributed by atoms with Gasteiger partial charge in [-0.1, -0.05) is 52.4 Å². The van der Waals surface area contributed by atoms with Crippen LogP contribution < -0.4 is 5.32 Å². The molecule has 5 rings (SSSR count). The molecular weight excluding hydrogens is 523 g/mol. The van der Waals surface area contributed by atoms with Gasteiger partial charge in [-0.2, -0.15) is 0 Å². The molecule has 2 aromatic carbocycles. The van der Waals surface area contributed by atoms with Gasteiger partial charge in [0.1, 0.15) is 11.3 Å². The second kappa shape index (κ2) is 8.87. The molecule has 0 spiro atoms. The molecule has 160 valence electrons. The van der Waals surface area contributed by atoms with Crippen LogP contribution in [0.4, 0.5) is 0 Å². The van der Waals surface area contributed by atoms with Gasteiger partial charge in [-0.3, -0.25) is 4.79 Å². The van der Waals surface area contributed by atoms with E-state index in [2.05, 4.69) is 38.5 Å². The van der Waals surface area contributed by atoms with E-state index in [0.717, 1.165) is 38.1 Å². The van der Waals surface area contributed by atoms with Crippen molar-refractivity contribution in [2.45, 2.75) is 36.2 Å². The number of amides is 1. The van der Waals surface area contributed by atoms with Gasteiger partial charge in [0.15, 0.2) is 0 Å². The van der Waals surface area contributed by atoms with Crippen LogP contribution in [0.3, 0.4) is 0 Å². The first kappa shape index (κ1) is 20.9. The highest BCUT2D eigenvalue weighted by molar-refractivity contribution is 14.1. The number of alkyl halides is 1. The van der Waals surface area contributed by atoms with Gasteiger partial charge < -0.3 is 14.3 Å². The van der Waals surface area contributed by atoms with Crippen LogP contribution in [0.25, 0.3) is 21.9 Å². The quantitative estimate of drug-likeness (QED) is 0.221. The Morgan fingerprint density at radius 3 is 2.71 bits per heavy atom. The van der Waals surface area contributed by atoms with Crippen LogP contribution in [0.15, 0.2) is 59.1 Å². The second-order valence-corrected chi connectivity index (χ2v) is 10.6. The molecule has 4 nitrogen and oxygen atoms in total. The highest BCUT2D eigenvalue weighted by Gasteiger charge is 2.21. The summed E-state index contributed by atoms with van der Waals surface area (Å²) in [5.41, 5.74) is 2.38. The van der Waals surface area contributed by atoms with Crippen molar-refractivity contribution in [2.24, 2.45) is 5.92 Å². The molecule has 1 aliphatic carbocycles. The average Bonchev–Trinajstić information content (AvgIpc) is 3.36. The summed E-state index contributed by atoms with van der Waals surface area (Å²) in [4.78, 5) is 13.2. The molecule has 0 unspecified atom stereocenters. The molecule has 2 aromatic heterocycles. The molecule has 0 bridgehead atoms. The zero-order chi connectivity index (χ0) is 21.4. The lowest BCUT2D eigenvalue weighted by molar-refractivity contribution is 0.0945. The third-order valence-corrected chi connectivity index (χ3v) is 7.66. The molecular formula is C25H24ClIN2O2.